The molecule has 2 aliphatic rings. The van der Waals surface area contributed by atoms with Crippen molar-refractivity contribution in [3.05, 3.63) is 12.1 Å². The number of nitrogen functional groups attached to an aromatic ring is 1. The lowest BCUT2D eigenvalue weighted by Crippen LogP contribution is -2.22. The van der Waals surface area contributed by atoms with E-state index < -0.39 is 0 Å². The number of ether oxygens (including phenoxy) is 3. The molecular weight excluding hydrogens is 256 g/mol. The molecule has 0 unspecified atom stereocenters. The van der Waals surface area contributed by atoms with Crippen LogP contribution in [0.25, 0.3) is 0 Å². The summed E-state index contributed by atoms with van der Waals surface area (Å²) in [5.41, 5.74) is 6.51. The molecule has 0 aromatic heterocycles. The standard InChI is InChI=1S/C15H22N2O3/c16-12-10-13(15-14(11-12)19-8-9-20-15)18-7-3-6-17-4-1-2-5-17/h10-11H,1-9,16H2. The lowest BCUT2D eigenvalue weighted by molar-refractivity contribution is 0.161. The topological polar surface area (TPSA) is 57.0 Å². The van der Waals surface area contributed by atoms with Crippen LogP contribution in [0.3, 0.4) is 0 Å². The maximum absolute atomic E-state index is 5.86. The first-order valence-electron chi connectivity index (χ1n) is 7.37. The minimum absolute atomic E-state index is 0.557. The second kappa shape index (κ2) is 6.22. The van der Waals surface area contributed by atoms with Crippen molar-refractivity contribution in [2.24, 2.45) is 0 Å². The van der Waals surface area contributed by atoms with Crippen LogP contribution >= 0.6 is 0 Å². The van der Waals surface area contributed by atoms with Gasteiger partial charge in [0.1, 0.15) is 13.2 Å². The van der Waals surface area contributed by atoms with Gasteiger partial charge < -0.3 is 24.8 Å². The molecule has 0 atom stereocenters. The molecule has 0 bridgehead atoms. The van der Waals surface area contributed by atoms with Crippen molar-refractivity contribution in [3.63, 3.8) is 0 Å². The Kier molecular flexibility index (Phi) is 4.16. The maximum Gasteiger partial charge on any atom is 0.203 e. The van der Waals surface area contributed by atoms with Crippen LogP contribution in [-0.2, 0) is 0 Å². The summed E-state index contributed by atoms with van der Waals surface area (Å²) >= 11 is 0. The highest BCUT2D eigenvalue weighted by Crippen LogP contribution is 2.41. The molecule has 1 fully saturated rings. The minimum Gasteiger partial charge on any atom is -0.489 e. The summed E-state index contributed by atoms with van der Waals surface area (Å²) in [5.74, 6) is 2.07. The van der Waals surface area contributed by atoms with Gasteiger partial charge in [-0.15, -0.1) is 0 Å². The number of benzene rings is 1. The van der Waals surface area contributed by atoms with Crippen molar-refractivity contribution in [1.82, 2.24) is 4.90 Å². The van der Waals surface area contributed by atoms with Crippen molar-refractivity contribution in [2.45, 2.75) is 19.3 Å². The van der Waals surface area contributed by atoms with E-state index in [1.54, 1.807) is 6.07 Å². The molecule has 3 rings (SSSR count). The number of fused-ring (bicyclic) bond motifs is 1. The summed E-state index contributed by atoms with van der Waals surface area (Å²) in [6.07, 6.45) is 3.67. The Morgan fingerprint density at radius 2 is 1.95 bits per heavy atom. The van der Waals surface area contributed by atoms with Crippen LogP contribution in [0.4, 0.5) is 5.69 Å². The number of likely N-dealkylation sites (tertiary alicyclic amines) is 1. The van der Waals surface area contributed by atoms with E-state index in [4.69, 9.17) is 19.9 Å². The summed E-state index contributed by atoms with van der Waals surface area (Å²) < 4.78 is 17.0. The van der Waals surface area contributed by atoms with Gasteiger partial charge in [-0.25, -0.2) is 0 Å². The first-order valence-corrected chi connectivity index (χ1v) is 7.37. The normalized spacial score (nSPS) is 18.2. The molecule has 110 valence electrons. The summed E-state index contributed by atoms with van der Waals surface area (Å²) in [4.78, 5) is 2.48. The van der Waals surface area contributed by atoms with Gasteiger partial charge in [0, 0.05) is 24.4 Å². The molecule has 1 saturated heterocycles. The molecule has 5 heteroatoms. The molecule has 1 aromatic carbocycles. The SMILES string of the molecule is Nc1cc(OCCCN2CCCC2)c2c(c1)OCCO2. The Morgan fingerprint density at radius 3 is 2.80 bits per heavy atom. The van der Waals surface area contributed by atoms with Crippen LogP contribution in [-0.4, -0.2) is 44.4 Å². The predicted molar refractivity (Wildman–Crippen MR) is 77.6 cm³/mol. The molecule has 2 aliphatic heterocycles. The van der Waals surface area contributed by atoms with Gasteiger partial charge in [0.05, 0.1) is 6.61 Å². The number of hydrogen-bond donors (Lipinski definition) is 1. The van der Waals surface area contributed by atoms with Crippen LogP contribution in [0.5, 0.6) is 17.2 Å². The van der Waals surface area contributed by atoms with Gasteiger partial charge in [-0.1, -0.05) is 0 Å². The first kappa shape index (κ1) is 13.4. The van der Waals surface area contributed by atoms with Crippen LogP contribution in [0.15, 0.2) is 12.1 Å². The molecule has 2 heterocycles. The minimum atomic E-state index is 0.557. The predicted octanol–water partition coefficient (Wildman–Crippen LogP) is 1.90. The molecule has 0 amide bonds. The quantitative estimate of drug-likeness (QED) is 0.658. The number of nitrogens with zero attached hydrogens (tertiary/aromatic N) is 1. The third-order valence-corrected chi connectivity index (χ3v) is 3.71. The van der Waals surface area contributed by atoms with E-state index in [9.17, 15) is 0 Å². The largest absolute Gasteiger partial charge is 0.489 e. The Morgan fingerprint density at radius 1 is 1.15 bits per heavy atom. The van der Waals surface area contributed by atoms with E-state index in [-0.39, 0.29) is 0 Å². The molecule has 0 radical (unpaired) electrons. The van der Waals surface area contributed by atoms with E-state index >= 15 is 0 Å². The molecule has 0 spiro atoms. The van der Waals surface area contributed by atoms with E-state index in [0.717, 1.165) is 13.0 Å². The smallest absolute Gasteiger partial charge is 0.203 e. The highest BCUT2D eigenvalue weighted by molar-refractivity contribution is 5.61. The zero-order chi connectivity index (χ0) is 13.8. The molecule has 0 aliphatic carbocycles. The van der Waals surface area contributed by atoms with E-state index in [2.05, 4.69) is 4.90 Å². The molecule has 0 saturated carbocycles. The van der Waals surface area contributed by atoms with Gasteiger partial charge in [0.15, 0.2) is 11.5 Å². The number of anilines is 1. The average molecular weight is 278 g/mol. The van der Waals surface area contributed by atoms with Gasteiger partial charge in [0.2, 0.25) is 5.75 Å². The fraction of sp³-hybridized carbons (Fsp3) is 0.600. The summed E-state index contributed by atoms with van der Waals surface area (Å²) in [7, 11) is 0. The summed E-state index contributed by atoms with van der Waals surface area (Å²) in [6, 6.07) is 3.59. The Hall–Kier alpha value is -1.62. The highest BCUT2D eigenvalue weighted by atomic mass is 16.6. The van der Waals surface area contributed by atoms with Gasteiger partial charge in [-0.2, -0.15) is 0 Å². The van der Waals surface area contributed by atoms with Crippen molar-refractivity contribution >= 4 is 5.69 Å². The maximum atomic E-state index is 5.86. The molecule has 20 heavy (non-hydrogen) atoms. The van der Waals surface area contributed by atoms with E-state index in [1.165, 1.54) is 25.9 Å². The van der Waals surface area contributed by atoms with Crippen LogP contribution in [0, 0.1) is 0 Å². The van der Waals surface area contributed by atoms with Crippen molar-refractivity contribution in [3.8, 4) is 17.2 Å². The Bertz CT molecular complexity index is 459. The molecule has 5 nitrogen and oxygen atoms in total. The van der Waals surface area contributed by atoms with E-state index in [1.807, 2.05) is 6.07 Å². The summed E-state index contributed by atoms with van der Waals surface area (Å²) in [6.45, 7) is 5.35. The second-order valence-electron chi connectivity index (χ2n) is 5.29. The monoisotopic (exact) mass is 278 g/mol. The third kappa shape index (κ3) is 3.10. The molecule has 1 aromatic rings. The Labute approximate surface area is 119 Å². The second-order valence-corrected chi connectivity index (χ2v) is 5.29. The molecular formula is C15H22N2O3. The van der Waals surface area contributed by atoms with Crippen molar-refractivity contribution in [1.29, 1.82) is 0 Å². The zero-order valence-corrected chi connectivity index (χ0v) is 11.8. The average Bonchev–Trinajstić information content (AvgIpc) is 2.96. The van der Waals surface area contributed by atoms with Gasteiger partial charge in [-0.05, 0) is 32.4 Å². The number of rotatable bonds is 5. The fourth-order valence-corrected chi connectivity index (χ4v) is 2.73. The number of nitrogens with two attached hydrogens (primary N) is 1. The number of hydrogen-bond acceptors (Lipinski definition) is 5. The van der Waals surface area contributed by atoms with Crippen molar-refractivity contribution in [2.75, 3.05) is 45.2 Å². The highest BCUT2D eigenvalue weighted by Gasteiger charge is 2.18. The Balaban J connectivity index is 1.55. The molecule has 2 N–H and O–H groups in total. The van der Waals surface area contributed by atoms with Gasteiger partial charge in [-0.3, -0.25) is 0 Å². The zero-order valence-electron chi connectivity index (χ0n) is 11.8. The third-order valence-electron chi connectivity index (χ3n) is 3.71. The lowest BCUT2D eigenvalue weighted by Gasteiger charge is -2.22. The van der Waals surface area contributed by atoms with Gasteiger partial charge in [0.25, 0.3) is 0 Å². The fourth-order valence-electron chi connectivity index (χ4n) is 2.73. The van der Waals surface area contributed by atoms with Gasteiger partial charge >= 0.3 is 0 Å². The van der Waals surface area contributed by atoms with Crippen LogP contribution < -0.4 is 19.9 Å². The first-order chi connectivity index (χ1) is 9.83. The lowest BCUT2D eigenvalue weighted by atomic mass is 10.2. The van der Waals surface area contributed by atoms with E-state index in [0.29, 0.717) is 42.8 Å². The van der Waals surface area contributed by atoms with Crippen LogP contribution in [0.2, 0.25) is 0 Å². The van der Waals surface area contributed by atoms with Crippen molar-refractivity contribution < 1.29 is 14.2 Å². The van der Waals surface area contributed by atoms with Crippen LogP contribution in [0.1, 0.15) is 19.3 Å². The summed E-state index contributed by atoms with van der Waals surface area (Å²) in [5, 5.41) is 0.